The third kappa shape index (κ3) is 1.53. The Balaban J connectivity index is 2.53. The van der Waals surface area contributed by atoms with Gasteiger partial charge in [-0.25, -0.2) is 0 Å². The first-order valence-electron chi connectivity index (χ1n) is 4.59. The highest BCUT2D eigenvalue weighted by molar-refractivity contribution is 7.10. The van der Waals surface area contributed by atoms with E-state index in [1.54, 1.807) is 11.3 Å². The third-order valence-electron chi connectivity index (χ3n) is 2.45. The molecule has 0 saturated carbocycles. The summed E-state index contributed by atoms with van der Waals surface area (Å²) in [7, 11) is 0. The molecule has 2 rings (SSSR count). The number of benzene rings is 1. The summed E-state index contributed by atoms with van der Waals surface area (Å²) in [6.45, 7) is 4.16. The summed E-state index contributed by atoms with van der Waals surface area (Å²) in [5.41, 5.74) is 10.4. The minimum absolute atomic E-state index is 0.869. The van der Waals surface area contributed by atoms with Gasteiger partial charge in [-0.15, -0.1) is 11.3 Å². The van der Waals surface area contributed by atoms with Crippen molar-refractivity contribution < 1.29 is 0 Å². The van der Waals surface area contributed by atoms with Gasteiger partial charge < -0.3 is 5.73 Å². The van der Waals surface area contributed by atoms with Gasteiger partial charge in [-0.1, -0.05) is 12.1 Å². The molecule has 0 bridgehead atoms. The second kappa shape index (κ2) is 3.46. The van der Waals surface area contributed by atoms with E-state index in [-0.39, 0.29) is 0 Å². The zero-order valence-electron chi connectivity index (χ0n) is 8.37. The SMILES string of the molecule is Cc1ccc(-c2ccsc2C)cc1N. The zero-order valence-corrected chi connectivity index (χ0v) is 9.19. The Morgan fingerprint density at radius 2 is 1.93 bits per heavy atom. The molecule has 2 heteroatoms. The van der Waals surface area contributed by atoms with Crippen molar-refractivity contribution in [2.75, 3.05) is 5.73 Å². The molecule has 0 fully saturated rings. The number of hydrogen-bond donors (Lipinski definition) is 1. The molecule has 0 saturated heterocycles. The summed E-state index contributed by atoms with van der Waals surface area (Å²) >= 11 is 1.77. The second-order valence-corrected chi connectivity index (χ2v) is 4.58. The predicted octanol–water partition coefficient (Wildman–Crippen LogP) is 3.61. The van der Waals surface area contributed by atoms with Gasteiger partial charge in [0.05, 0.1) is 0 Å². The van der Waals surface area contributed by atoms with Crippen LogP contribution in [0.4, 0.5) is 5.69 Å². The summed E-state index contributed by atoms with van der Waals surface area (Å²) in [6, 6.07) is 8.39. The molecule has 0 unspecified atom stereocenters. The summed E-state index contributed by atoms with van der Waals surface area (Å²) in [5.74, 6) is 0. The Hall–Kier alpha value is -1.28. The van der Waals surface area contributed by atoms with Crippen molar-refractivity contribution in [2.45, 2.75) is 13.8 Å². The molecule has 1 heterocycles. The fourth-order valence-corrected chi connectivity index (χ4v) is 2.21. The lowest BCUT2D eigenvalue weighted by molar-refractivity contribution is 1.46. The van der Waals surface area contributed by atoms with Crippen molar-refractivity contribution in [3.05, 3.63) is 40.1 Å². The molecular weight excluding hydrogens is 190 g/mol. The van der Waals surface area contributed by atoms with E-state index in [4.69, 9.17) is 5.73 Å². The van der Waals surface area contributed by atoms with Crippen LogP contribution in [0, 0.1) is 13.8 Å². The van der Waals surface area contributed by atoms with Crippen LogP contribution in [0.1, 0.15) is 10.4 Å². The first-order chi connectivity index (χ1) is 6.68. The van der Waals surface area contributed by atoms with E-state index in [0.29, 0.717) is 0 Å². The van der Waals surface area contributed by atoms with Crippen molar-refractivity contribution >= 4 is 17.0 Å². The molecule has 0 aliphatic rings. The van der Waals surface area contributed by atoms with Crippen LogP contribution >= 0.6 is 11.3 Å². The molecular formula is C12H13NS. The van der Waals surface area contributed by atoms with E-state index in [2.05, 4.69) is 30.5 Å². The number of nitrogens with two attached hydrogens (primary N) is 1. The van der Waals surface area contributed by atoms with Crippen molar-refractivity contribution in [1.29, 1.82) is 0 Å². The fraction of sp³-hybridized carbons (Fsp3) is 0.167. The summed E-state index contributed by atoms with van der Waals surface area (Å²) in [4.78, 5) is 1.34. The smallest absolute Gasteiger partial charge is 0.0349 e. The van der Waals surface area contributed by atoms with Crippen molar-refractivity contribution in [1.82, 2.24) is 0 Å². The molecule has 0 radical (unpaired) electrons. The van der Waals surface area contributed by atoms with Crippen LogP contribution in [0.15, 0.2) is 29.6 Å². The number of rotatable bonds is 1. The number of nitrogen functional groups attached to an aromatic ring is 1. The Morgan fingerprint density at radius 3 is 2.50 bits per heavy atom. The number of hydrogen-bond acceptors (Lipinski definition) is 2. The normalized spacial score (nSPS) is 10.4. The fourth-order valence-electron chi connectivity index (χ4n) is 1.49. The Bertz CT molecular complexity index is 457. The standard InChI is InChI=1S/C12H13NS/c1-8-3-4-10(7-12(8)13)11-5-6-14-9(11)2/h3-7H,13H2,1-2H3. The highest BCUT2D eigenvalue weighted by atomic mass is 32.1. The molecule has 14 heavy (non-hydrogen) atoms. The van der Waals surface area contributed by atoms with Gasteiger partial charge in [0.25, 0.3) is 0 Å². The van der Waals surface area contributed by atoms with E-state index in [9.17, 15) is 0 Å². The van der Waals surface area contributed by atoms with Gasteiger partial charge in [-0.05, 0) is 48.1 Å². The third-order valence-corrected chi connectivity index (χ3v) is 3.29. The maximum atomic E-state index is 5.88. The van der Waals surface area contributed by atoms with Gasteiger partial charge in [0, 0.05) is 10.6 Å². The van der Waals surface area contributed by atoms with Crippen LogP contribution in [0.25, 0.3) is 11.1 Å². The lowest BCUT2D eigenvalue weighted by atomic mass is 10.0. The monoisotopic (exact) mass is 203 g/mol. The van der Waals surface area contributed by atoms with Crippen LogP contribution in [0.3, 0.4) is 0 Å². The second-order valence-electron chi connectivity index (χ2n) is 3.46. The summed E-state index contributed by atoms with van der Waals surface area (Å²) in [5, 5.41) is 2.11. The van der Waals surface area contributed by atoms with Gasteiger partial charge in [0.1, 0.15) is 0 Å². The topological polar surface area (TPSA) is 26.0 Å². The first kappa shape index (κ1) is 9.28. The minimum atomic E-state index is 0.869. The number of anilines is 1. The van der Waals surface area contributed by atoms with E-state index in [0.717, 1.165) is 11.3 Å². The molecule has 2 N–H and O–H groups in total. The average molecular weight is 203 g/mol. The summed E-state index contributed by atoms with van der Waals surface area (Å²) in [6.07, 6.45) is 0. The van der Waals surface area contributed by atoms with Gasteiger partial charge in [0.2, 0.25) is 0 Å². The van der Waals surface area contributed by atoms with Crippen LogP contribution in [0.2, 0.25) is 0 Å². The van der Waals surface area contributed by atoms with E-state index in [1.807, 2.05) is 13.0 Å². The van der Waals surface area contributed by atoms with Crippen LogP contribution < -0.4 is 5.73 Å². The zero-order chi connectivity index (χ0) is 10.1. The highest BCUT2D eigenvalue weighted by Crippen LogP contribution is 2.29. The van der Waals surface area contributed by atoms with E-state index < -0.39 is 0 Å². The average Bonchev–Trinajstić information content (AvgIpc) is 2.57. The van der Waals surface area contributed by atoms with Crippen molar-refractivity contribution in [2.24, 2.45) is 0 Å². The minimum Gasteiger partial charge on any atom is -0.398 e. The van der Waals surface area contributed by atoms with Crippen LogP contribution in [-0.2, 0) is 0 Å². The van der Waals surface area contributed by atoms with Gasteiger partial charge in [0.15, 0.2) is 0 Å². The molecule has 0 aliphatic carbocycles. The van der Waals surface area contributed by atoms with Gasteiger partial charge >= 0.3 is 0 Å². The molecule has 2 aromatic rings. The number of thiophene rings is 1. The first-order valence-corrected chi connectivity index (χ1v) is 5.47. The lowest BCUT2D eigenvalue weighted by Crippen LogP contribution is -1.89. The quantitative estimate of drug-likeness (QED) is 0.704. The van der Waals surface area contributed by atoms with Crippen molar-refractivity contribution in [3.63, 3.8) is 0 Å². The van der Waals surface area contributed by atoms with E-state index >= 15 is 0 Å². The number of aryl methyl sites for hydroxylation is 2. The Labute approximate surface area is 88.2 Å². The highest BCUT2D eigenvalue weighted by Gasteiger charge is 2.03. The molecule has 1 aromatic heterocycles. The molecule has 0 atom stereocenters. The maximum Gasteiger partial charge on any atom is 0.0349 e. The Kier molecular flexibility index (Phi) is 2.30. The van der Waals surface area contributed by atoms with E-state index in [1.165, 1.54) is 16.0 Å². The van der Waals surface area contributed by atoms with Crippen LogP contribution in [0.5, 0.6) is 0 Å². The predicted molar refractivity (Wildman–Crippen MR) is 63.6 cm³/mol. The van der Waals surface area contributed by atoms with Gasteiger partial charge in [-0.2, -0.15) is 0 Å². The molecule has 0 aliphatic heterocycles. The van der Waals surface area contributed by atoms with Crippen LogP contribution in [-0.4, -0.2) is 0 Å². The Morgan fingerprint density at radius 1 is 1.14 bits per heavy atom. The largest absolute Gasteiger partial charge is 0.398 e. The summed E-state index contributed by atoms with van der Waals surface area (Å²) < 4.78 is 0. The molecule has 1 aromatic carbocycles. The lowest BCUT2D eigenvalue weighted by Gasteiger charge is -2.04. The molecule has 0 amide bonds. The molecule has 72 valence electrons. The van der Waals surface area contributed by atoms with Gasteiger partial charge in [-0.3, -0.25) is 0 Å². The molecule has 0 spiro atoms. The maximum absolute atomic E-state index is 5.88. The van der Waals surface area contributed by atoms with Crippen molar-refractivity contribution in [3.8, 4) is 11.1 Å². The molecule has 1 nitrogen and oxygen atoms in total.